The summed E-state index contributed by atoms with van der Waals surface area (Å²) in [5.41, 5.74) is 4.25. The van der Waals surface area contributed by atoms with Gasteiger partial charge in [0.15, 0.2) is 4.96 Å². The number of nitrogens with zero attached hydrogens (tertiary/aromatic N) is 4. The summed E-state index contributed by atoms with van der Waals surface area (Å²) in [5.74, 6) is 0.945. The maximum atomic E-state index is 13.3. The Labute approximate surface area is 198 Å². The van der Waals surface area contributed by atoms with E-state index in [0.717, 1.165) is 71.7 Å². The number of imidazole rings is 1. The molecule has 1 saturated heterocycles. The summed E-state index contributed by atoms with van der Waals surface area (Å²) in [6, 6.07) is 18.5. The van der Waals surface area contributed by atoms with Crippen molar-refractivity contribution in [1.29, 1.82) is 0 Å². The first kappa shape index (κ1) is 21.7. The van der Waals surface area contributed by atoms with Gasteiger partial charge in [0.1, 0.15) is 10.6 Å². The lowest BCUT2D eigenvalue weighted by molar-refractivity contribution is 0.0642. The number of thiazole rings is 1. The summed E-state index contributed by atoms with van der Waals surface area (Å²) in [4.78, 5) is 24.1. The van der Waals surface area contributed by atoms with Gasteiger partial charge in [0.2, 0.25) is 0 Å². The van der Waals surface area contributed by atoms with Crippen LogP contribution in [-0.2, 0) is 6.42 Å². The molecular weight excluding hydrogens is 432 g/mol. The Morgan fingerprint density at radius 3 is 2.42 bits per heavy atom. The van der Waals surface area contributed by atoms with Crippen LogP contribution in [0.25, 0.3) is 16.2 Å². The van der Waals surface area contributed by atoms with Gasteiger partial charge in [0.25, 0.3) is 5.91 Å². The predicted molar refractivity (Wildman–Crippen MR) is 132 cm³/mol. The van der Waals surface area contributed by atoms with E-state index < -0.39 is 0 Å². The molecule has 0 radical (unpaired) electrons. The van der Waals surface area contributed by atoms with Crippen LogP contribution in [0.2, 0.25) is 0 Å². The molecule has 6 nitrogen and oxygen atoms in total. The molecule has 3 heterocycles. The Balaban J connectivity index is 1.23. The molecule has 170 valence electrons. The number of rotatable bonds is 6. The number of carbonyl (C=O) groups excluding carboxylic acids is 1. The van der Waals surface area contributed by atoms with Crippen LogP contribution in [-0.4, -0.2) is 64.9 Å². The van der Waals surface area contributed by atoms with E-state index in [-0.39, 0.29) is 5.91 Å². The van der Waals surface area contributed by atoms with E-state index in [1.807, 2.05) is 46.7 Å². The summed E-state index contributed by atoms with van der Waals surface area (Å²) < 4.78 is 7.27. The van der Waals surface area contributed by atoms with Gasteiger partial charge in [-0.05, 0) is 43.2 Å². The van der Waals surface area contributed by atoms with Crippen LogP contribution in [0.3, 0.4) is 0 Å². The van der Waals surface area contributed by atoms with E-state index in [2.05, 4.69) is 35.2 Å². The van der Waals surface area contributed by atoms with Crippen LogP contribution in [0, 0.1) is 6.92 Å². The minimum Gasteiger partial charge on any atom is -0.497 e. The van der Waals surface area contributed by atoms with Crippen molar-refractivity contribution in [2.75, 3.05) is 39.8 Å². The number of carbonyl (C=O) groups is 1. The first-order valence-corrected chi connectivity index (χ1v) is 12.1. The van der Waals surface area contributed by atoms with Gasteiger partial charge in [0, 0.05) is 50.2 Å². The first-order chi connectivity index (χ1) is 16.1. The van der Waals surface area contributed by atoms with Gasteiger partial charge in [-0.15, -0.1) is 0 Å². The largest absolute Gasteiger partial charge is 0.497 e. The maximum absolute atomic E-state index is 13.3. The Hall–Kier alpha value is -3.16. The third-order valence-corrected chi connectivity index (χ3v) is 7.50. The van der Waals surface area contributed by atoms with E-state index in [0.29, 0.717) is 0 Å². The highest BCUT2D eigenvalue weighted by molar-refractivity contribution is 7.19. The molecule has 4 aromatic rings. The molecule has 1 aliphatic heterocycles. The third-order valence-electron chi connectivity index (χ3n) is 6.36. The second-order valence-corrected chi connectivity index (χ2v) is 9.37. The molecule has 2 aromatic heterocycles. The lowest BCUT2D eigenvalue weighted by Crippen LogP contribution is -2.49. The van der Waals surface area contributed by atoms with Gasteiger partial charge in [-0.3, -0.25) is 14.1 Å². The number of aromatic nitrogens is 2. The van der Waals surface area contributed by atoms with E-state index in [1.165, 1.54) is 16.9 Å². The number of piperazine rings is 1. The molecule has 0 spiro atoms. The van der Waals surface area contributed by atoms with Crippen molar-refractivity contribution >= 4 is 22.2 Å². The SMILES string of the molecule is COc1ccc(-c2cn3c(C)c(C(=O)N4CCN(CCc5ccccc5)CC4)sc3n2)cc1. The second kappa shape index (κ2) is 9.37. The number of aryl methyl sites for hydroxylation is 1. The minimum atomic E-state index is 0.122. The number of amides is 1. The number of benzene rings is 2. The fraction of sp³-hybridized carbons (Fsp3) is 0.308. The van der Waals surface area contributed by atoms with Crippen molar-refractivity contribution in [2.24, 2.45) is 0 Å². The van der Waals surface area contributed by atoms with Crippen LogP contribution in [0.1, 0.15) is 20.9 Å². The fourth-order valence-corrected chi connectivity index (χ4v) is 5.38. The van der Waals surface area contributed by atoms with Gasteiger partial charge in [-0.1, -0.05) is 41.7 Å². The topological polar surface area (TPSA) is 50.1 Å². The molecule has 5 rings (SSSR count). The van der Waals surface area contributed by atoms with Crippen molar-refractivity contribution < 1.29 is 9.53 Å². The molecular formula is C26H28N4O2S. The highest BCUT2D eigenvalue weighted by Gasteiger charge is 2.26. The van der Waals surface area contributed by atoms with Crippen LogP contribution in [0.15, 0.2) is 60.8 Å². The maximum Gasteiger partial charge on any atom is 0.265 e. The van der Waals surface area contributed by atoms with Crippen molar-refractivity contribution in [2.45, 2.75) is 13.3 Å². The molecule has 0 bridgehead atoms. The molecule has 0 unspecified atom stereocenters. The molecule has 1 aliphatic rings. The zero-order valence-electron chi connectivity index (χ0n) is 19.0. The third kappa shape index (κ3) is 4.51. The molecule has 7 heteroatoms. The van der Waals surface area contributed by atoms with Crippen molar-refractivity contribution in [3.05, 3.63) is 76.9 Å². The summed E-state index contributed by atoms with van der Waals surface area (Å²) >= 11 is 1.48. The van der Waals surface area contributed by atoms with Gasteiger partial charge < -0.3 is 9.64 Å². The monoisotopic (exact) mass is 460 g/mol. The van der Waals surface area contributed by atoms with Gasteiger partial charge >= 0.3 is 0 Å². The number of hydrogen-bond acceptors (Lipinski definition) is 5. The molecule has 0 N–H and O–H groups in total. The van der Waals surface area contributed by atoms with Gasteiger partial charge in [-0.25, -0.2) is 4.98 Å². The molecule has 0 saturated carbocycles. The second-order valence-electron chi connectivity index (χ2n) is 8.39. The number of ether oxygens (including phenoxy) is 1. The van der Waals surface area contributed by atoms with E-state index >= 15 is 0 Å². The number of hydrogen-bond donors (Lipinski definition) is 0. The minimum absolute atomic E-state index is 0.122. The Kier molecular flexibility index (Phi) is 6.15. The molecule has 0 aliphatic carbocycles. The van der Waals surface area contributed by atoms with E-state index in [9.17, 15) is 4.79 Å². The molecule has 2 aromatic carbocycles. The predicted octanol–water partition coefficient (Wildman–Crippen LogP) is 4.38. The average molecular weight is 461 g/mol. The summed E-state index contributed by atoms with van der Waals surface area (Å²) in [7, 11) is 1.66. The highest BCUT2D eigenvalue weighted by atomic mass is 32.1. The Morgan fingerprint density at radius 2 is 1.76 bits per heavy atom. The summed E-state index contributed by atoms with van der Waals surface area (Å²) in [6.45, 7) is 6.41. The average Bonchev–Trinajstić information content (AvgIpc) is 3.42. The van der Waals surface area contributed by atoms with Crippen molar-refractivity contribution in [1.82, 2.24) is 19.2 Å². The van der Waals surface area contributed by atoms with Gasteiger partial charge in [0.05, 0.1) is 12.8 Å². The molecule has 33 heavy (non-hydrogen) atoms. The van der Waals surface area contributed by atoms with Crippen molar-refractivity contribution in [3.8, 4) is 17.0 Å². The zero-order chi connectivity index (χ0) is 22.8. The molecule has 1 amide bonds. The fourth-order valence-electron chi connectivity index (χ4n) is 4.30. The lowest BCUT2D eigenvalue weighted by Gasteiger charge is -2.34. The standard InChI is InChI=1S/C26H28N4O2S/c1-19-24(33-26-27-23(18-30(19)26)21-8-10-22(32-2)11-9-21)25(31)29-16-14-28(15-17-29)13-12-20-6-4-3-5-7-20/h3-11,18H,12-17H2,1-2H3. The Bertz CT molecular complexity index is 1240. The normalized spacial score (nSPS) is 14.7. The zero-order valence-corrected chi connectivity index (χ0v) is 19.8. The summed E-state index contributed by atoms with van der Waals surface area (Å²) in [6.07, 6.45) is 3.06. The first-order valence-electron chi connectivity index (χ1n) is 11.3. The highest BCUT2D eigenvalue weighted by Crippen LogP contribution is 2.29. The summed E-state index contributed by atoms with van der Waals surface area (Å²) in [5, 5.41) is 0. The smallest absolute Gasteiger partial charge is 0.265 e. The number of methoxy groups -OCH3 is 1. The van der Waals surface area contributed by atoms with Crippen LogP contribution in [0.5, 0.6) is 5.75 Å². The van der Waals surface area contributed by atoms with Crippen LogP contribution in [0.4, 0.5) is 0 Å². The Morgan fingerprint density at radius 1 is 1.03 bits per heavy atom. The van der Waals surface area contributed by atoms with Crippen LogP contribution >= 0.6 is 11.3 Å². The molecule has 1 fully saturated rings. The van der Waals surface area contributed by atoms with E-state index in [1.54, 1.807) is 7.11 Å². The van der Waals surface area contributed by atoms with Crippen LogP contribution < -0.4 is 4.74 Å². The quantitative estimate of drug-likeness (QED) is 0.429. The van der Waals surface area contributed by atoms with Gasteiger partial charge in [-0.2, -0.15) is 0 Å². The molecule has 0 atom stereocenters. The van der Waals surface area contributed by atoms with E-state index in [4.69, 9.17) is 9.72 Å². The lowest BCUT2D eigenvalue weighted by atomic mass is 10.1. The van der Waals surface area contributed by atoms with Crippen molar-refractivity contribution in [3.63, 3.8) is 0 Å². The number of fused-ring (bicyclic) bond motifs is 1.